The molecule has 0 saturated heterocycles. The van der Waals surface area contributed by atoms with Crippen molar-refractivity contribution < 1.29 is 0 Å². The third-order valence-electron chi connectivity index (χ3n) is 4.00. The van der Waals surface area contributed by atoms with Gasteiger partial charge in [0.15, 0.2) is 0 Å². The molecule has 4 heteroatoms. The van der Waals surface area contributed by atoms with Gasteiger partial charge in [-0.25, -0.2) is 0 Å². The molecule has 1 saturated carbocycles. The molecule has 1 N–H and O–H groups in total. The van der Waals surface area contributed by atoms with Crippen molar-refractivity contribution in [1.29, 1.82) is 0 Å². The number of hydrogen-bond acceptors (Lipinski definition) is 2. The zero-order chi connectivity index (χ0) is 14.4. The minimum absolute atomic E-state index is 0.584. The lowest BCUT2D eigenvalue weighted by atomic mass is 9.84. The van der Waals surface area contributed by atoms with Crippen molar-refractivity contribution in [3.8, 4) is 0 Å². The highest BCUT2D eigenvalue weighted by molar-refractivity contribution is 7.99. The van der Waals surface area contributed by atoms with Crippen LogP contribution in [-0.2, 0) is 0 Å². The van der Waals surface area contributed by atoms with Gasteiger partial charge < -0.3 is 5.32 Å². The Morgan fingerprint density at radius 3 is 2.70 bits per heavy atom. The molecule has 1 atom stereocenters. The molecule has 1 aromatic rings. The van der Waals surface area contributed by atoms with E-state index < -0.39 is 0 Å². The number of hydrogen-bond donors (Lipinski definition) is 1. The molecule has 1 aliphatic carbocycles. The standard InChI is InChI=1S/C16H23Cl2NS/c1-2-19-15(12-6-4-3-5-7-12)11-20-16-10-13(17)8-9-14(16)18/h8-10,12,15,19H,2-7,11H2,1H3. The zero-order valence-corrected chi connectivity index (χ0v) is 14.3. The smallest absolute Gasteiger partial charge is 0.0542 e. The maximum atomic E-state index is 6.24. The minimum Gasteiger partial charge on any atom is -0.313 e. The molecule has 0 aromatic heterocycles. The molecule has 1 fully saturated rings. The van der Waals surface area contributed by atoms with Crippen molar-refractivity contribution in [3.63, 3.8) is 0 Å². The molecule has 0 bridgehead atoms. The van der Waals surface area contributed by atoms with Crippen LogP contribution < -0.4 is 5.32 Å². The lowest BCUT2D eigenvalue weighted by Gasteiger charge is -2.30. The van der Waals surface area contributed by atoms with Gasteiger partial charge in [0.25, 0.3) is 0 Å². The molecule has 20 heavy (non-hydrogen) atoms. The quantitative estimate of drug-likeness (QED) is 0.676. The van der Waals surface area contributed by atoms with E-state index in [1.54, 1.807) is 0 Å². The average Bonchev–Trinajstić information content (AvgIpc) is 2.47. The van der Waals surface area contributed by atoms with Crippen LogP contribution >= 0.6 is 35.0 Å². The van der Waals surface area contributed by atoms with Gasteiger partial charge in [0.1, 0.15) is 0 Å². The third kappa shape index (κ3) is 4.84. The first-order valence-electron chi connectivity index (χ1n) is 7.52. The van der Waals surface area contributed by atoms with Crippen molar-refractivity contribution in [2.45, 2.75) is 50.0 Å². The first kappa shape index (κ1) is 16.5. The number of nitrogens with one attached hydrogen (secondary N) is 1. The van der Waals surface area contributed by atoms with Crippen molar-refractivity contribution in [2.24, 2.45) is 5.92 Å². The molecule has 0 heterocycles. The highest BCUT2D eigenvalue weighted by Crippen LogP contribution is 2.33. The molecule has 0 radical (unpaired) electrons. The molecule has 112 valence electrons. The van der Waals surface area contributed by atoms with Crippen LogP contribution in [-0.4, -0.2) is 18.3 Å². The summed E-state index contributed by atoms with van der Waals surface area (Å²) in [6.45, 7) is 3.22. The summed E-state index contributed by atoms with van der Waals surface area (Å²) in [7, 11) is 0. The number of thioether (sulfide) groups is 1. The maximum Gasteiger partial charge on any atom is 0.0542 e. The van der Waals surface area contributed by atoms with Crippen molar-refractivity contribution >= 4 is 35.0 Å². The predicted octanol–water partition coefficient (Wildman–Crippen LogP) is 5.64. The first-order chi connectivity index (χ1) is 9.70. The van der Waals surface area contributed by atoms with Gasteiger partial charge in [-0.1, -0.05) is 49.4 Å². The fourth-order valence-electron chi connectivity index (χ4n) is 2.93. The van der Waals surface area contributed by atoms with Crippen LogP contribution in [0.4, 0.5) is 0 Å². The van der Waals surface area contributed by atoms with Gasteiger partial charge in [-0.15, -0.1) is 11.8 Å². The van der Waals surface area contributed by atoms with Crippen LogP contribution in [0.25, 0.3) is 0 Å². The van der Waals surface area contributed by atoms with E-state index in [2.05, 4.69) is 12.2 Å². The Morgan fingerprint density at radius 1 is 1.25 bits per heavy atom. The van der Waals surface area contributed by atoms with Crippen LogP contribution in [0.2, 0.25) is 10.0 Å². The normalized spacial score (nSPS) is 18.1. The number of rotatable bonds is 6. The topological polar surface area (TPSA) is 12.0 Å². The van der Waals surface area contributed by atoms with E-state index in [4.69, 9.17) is 23.2 Å². The first-order valence-corrected chi connectivity index (χ1v) is 9.26. The predicted molar refractivity (Wildman–Crippen MR) is 91.2 cm³/mol. The molecule has 0 amide bonds. The Bertz CT molecular complexity index is 419. The van der Waals surface area contributed by atoms with Gasteiger partial charge in [0.05, 0.1) is 5.02 Å². The van der Waals surface area contributed by atoms with Crippen LogP contribution in [0.15, 0.2) is 23.1 Å². The van der Waals surface area contributed by atoms with Gasteiger partial charge in [-0.2, -0.15) is 0 Å². The highest BCUT2D eigenvalue weighted by atomic mass is 35.5. The number of benzene rings is 1. The summed E-state index contributed by atoms with van der Waals surface area (Å²) >= 11 is 14.1. The zero-order valence-electron chi connectivity index (χ0n) is 12.0. The van der Waals surface area contributed by atoms with E-state index in [1.165, 1.54) is 32.1 Å². The molecule has 0 aliphatic heterocycles. The van der Waals surface area contributed by atoms with Gasteiger partial charge in [-0.05, 0) is 43.5 Å². The molecular weight excluding hydrogens is 309 g/mol. The lowest BCUT2D eigenvalue weighted by molar-refractivity contribution is 0.288. The number of halogens is 2. The summed E-state index contributed by atoms with van der Waals surface area (Å²) < 4.78 is 0. The largest absolute Gasteiger partial charge is 0.313 e. The van der Waals surface area contributed by atoms with E-state index >= 15 is 0 Å². The monoisotopic (exact) mass is 331 g/mol. The van der Waals surface area contributed by atoms with Crippen molar-refractivity contribution in [3.05, 3.63) is 28.2 Å². The highest BCUT2D eigenvalue weighted by Gasteiger charge is 2.23. The van der Waals surface area contributed by atoms with Crippen molar-refractivity contribution in [2.75, 3.05) is 12.3 Å². The molecule has 1 nitrogen and oxygen atoms in total. The molecule has 1 aliphatic rings. The van der Waals surface area contributed by atoms with Crippen LogP contribution in [0, 0.1) is 5.92 Å². The Labute approximate surface area is 136 Å². The van der Waals surface area contributed by atoms with Crippen molar-refractivity contribution in [1.82, 2.24) is 5.32 Å². The van der Waals surface area contributed by atoms with E-state index in [-0.39, 0.29) is 0 Å². The van der Waals surface area contributed by atoms with E-state index in [0.29, 0.717) is 6.04 Å². The summed E-state index contributed by atoms with van der Waals surface area (Å²) in [6.07, 6.45) is 6.90. The van der Waals surface area contributed by atoms with E-state index in [9.17, 15) is 0 Å². The SMILES string of the molecule is CCNC(CSc1cc(Cl)ccc1Cl)C1CCCCC1. The fourth-order valence-corrected chi connectivity index (χ4v) is 4.61. The van der Waals surface area contributed by atoms with E-state index in [1.807, 2.05) is 30.0 Å². The summed E-state index contributed by atoms with van der Waals surface area (Å²) in [5, 5.41) is 5.22. The van der Waals surface area contributed by atoms with Gasteiger partial charge in [0.2, 0.25) is 0 Å². The second kappa shape index (κ2) is 8.53. The Hall–Kier alpha value is 0.110. The lowest BCUT2D eigenvalue weighted by Crippen LogP contribution is -2.39. The summed E-state index contributed by atoms with van der Waals surface area (Å²) in [4.78, 5) is 1.10. The van der Waals surface area contributed by atoms with Crippen LogP contribution in [0.5, 0.6) is 0 Å². The average molecular weight is 332 g/mol. The molecule has 2 rings (SSSR count). The van der Waals surface area contributed by atoms with Gasteiger partial charge in [-0.3, -0.25) is 0 Å². The Morgan fingerprint density at radius 2 is 2.00 bits per heavy atom. The second-order valence-corrected chi connectivity index (χ2v) is 7.35. The Balaban J connectivity index is 1.95. The molecule has 0 spiro atoms. The minimum atomic E-state index is 0.584. The maximum absolute atomic E-state index is 6.24. The van der Waals surface area contributed by atoms with E-state index in [0.717, 1.165) is 33.2 Å². The fraction of sp³-hybridized carbons (Fsp3) is 0.625. The Kier molecular flexibility index (Phi) is 7.03. The van der Waals surface area contributed by atoms with Crippen LogP contribution in [0.1, 0.15) is 39.0 Å². The summed E-state index contributed by atoms with van der Waals surface area (Å²) in [5.41, 5.74) is 0. The molecule has 1 unspecified atom stereocenters. The van der Waals surface area contributed by atoms with Gasteiger partial charge >= 0.3 is 0 Å². The summed E-state index contributed by atoms with van der Waals surface area (Å²) in [6, 6.07) is 6.28. The van der Waals surface area contributed by atoms with Crippen LogP contribution in [0.3, 0.4) is 0 Å². The molecule has 1 aromatic carbocycles. The van der Waals surface area contributed by atoms with Gasteiger partial charge in [0, 0.05) is 21.7 Å². The summed E-state index contributed by atoms with van der Waals surface area (Å²) in [5.74, 6) is 1.88. The third-order valence-corrected chi connectivity index (χ3v) is 5.85. The second-order valence-electron chi connectivity index (χ2n) is 5.45. The molecular formula is C16H23Cl2NS.